The Morgan fingerprint density at radius 1 is 1.10 bits per heavy atom. The van der Waals surface area contributed by atoms with Crippen LogP contribution in [-0.2, 0) is 4.79 Å². The van der Waals surface area contributed by atoms with E-state index in [2.05, 4.69) is 38.7 Å². The number of piperidine rings is 1. The van der Waals surface area contributed by atoms with Crippen molar-refractivity contribution in [3.8, 4) is 0 Å². The quantitative estimate of drug-likeness (QED) is 0.883. The maximum Gasteiger partial charge on any atom is 0.227 e. The molecule has 0 spiro atoms. The Morgan fingerprint density at radius 3 is 2.60 bits per heavy atom. The number of benzene rings is 2. The summed E-state index contributed by atoms with van der Waals surface area (Å²) in [6.07, 6.45) is 1.85. The number of nitrogens with one attached hydrogen (secondary N) is 2. The molecule has 20 heavy (non-hydrogen) atoms. The molecule has 2 aromatic carbocycles. The van der Waals surface area contributed by atoms with Crippen LogP contribution in [0.4, 0.5) is 5.69 Å². The Labute approximate surface area is 126 Å². The highest BCUT2D eigenvalue weighted by molar-refractivity contribution is 9.10. The van der Waals surface area contributed by atoms with E-state index in [4.69, 9.17) is 0 Å². The molecule has 4 heteroatoms. The number of carbonyl (C=O) groups is 1. The van der Waals surface area contributed by atoms with Gasteiger partial charge in [-0.15, -0.1) is 0 Å². The predicted molar refractivity (Wildman–Crippen MR) is 85.9 cm³/mol. The molecule has 1 fully saturated rings. The van der Waals surface area contributed by atoms with Gasteiger partial charge in [0.05, 0.1) is 0 Å². The van der Waals surface area contributed by atoms with Crippen molar-refractivity contribution in [2.45, 2.75) is 12.8 Å². The van der Waals surface area contributed by atoms with Gasteiger partial charge in [0.25, 0.3) is 0 Å². The molecule has 3 nitrogen and oxygen atoms in total. The van der Waals surface area contributed by atoms with E-state index >= 15 is 0 Å². The number of rotatable bonds is 2. The van der Waals surface area contributed by atoms with Crippen LogP contribution in [0.25, 0.3) is 10.8 Å². The molecule has 1 aliphatic rings. The van der Waals surface area contributed by atoms with E-state index in [1.165, 1.54) is 5.39 Å². The minimum Gasteiger partial charge on any atom is -0.326 e. The zero-order valence-electron chi connectivity index (χ0n) is 11.2. The van der Waals surface area contributed by atoms with Gasteiger partial charge in [0, 0.05) is 16.1 Å². The molecule has 0 atom stereocenters. The summed E-state index contributed by atoms with van der Waals surface area (Å²) in [7, 11) is 0. The van der Waals surface area contributed by atoms with Crippen LogP contribution in [-0.4, -0.2) is 19.0 Å². The van der Waals surface area contributed by atoms with Crippen molar-refractivity contribution in [3.63, 3.8) is 0 Å². The lowest BCUT2D eigenvalue weighted by atomic mass is 9.97. The van der Waals surface area contributed by atoms with Gasteiger partial charge >= 0.3 is 0 Å². The standard InChI is InChI=1S/C16H17BrN2O/c17-14-3-1-13-10-15(4-2-12(13)9-14)19-16(20)11-5-7-18-8-6-11/h1-4,9-11,18H,5-8H2,(H,19,20). The van der Waals surface area contributed by atoms with E-state index < -0.39 is 0 Å². The first-order valence-corrected chi connectivity index (χ1v) is 7.72. The normalized spacial score (nSPS) is 16.2. The highest BCUT2D eigenvalue weighted by Gasteiger charge is 2.20. The van der Waals surface area contributed by atoms with Crippen LogP contribution in [0.15, 0.2) is 40.9 Å². The molecular weight excluding hydrogens is 316 g/mol. The van der Waals surface area contributed by atoms with Gasteiger partial charge in [-0.2, -0.15) is 0 Å². The molecule has 0 aliphatic carbocycles. The van der Waals surface area contributed by atoms with E-state index in [0.29, 0.717) is 0 Å². The summed E-state index contributed by atoms with van der Waals surface area (Å²) in [6, 6.07) is 12.2. The van der Waals surface area contributed by atoms with Crippen LogP contribution in [0.1, 0.15) is 12.8 Å². The first kappa shape index (κ1) is 13.6. The van der Waals surface area contributed by atoms with Gasteiger partial charge in [-0.1, -0.05) is 28.1 Å². The second kappa shape index (κ2) is 5.94. The monoisotopic (exact) mass is 332 g/mol. The van der Waals surface area contributed by atoms with E-state index in [0.717, 1.165) is 41.5 Å². The van der Waals surface area contributed by atoms with Crippen molar-refractivity contribution in [1.82, 2.24) is 5.32 Å². The van der Waals surface area contributed by atoms with Crippen LogP contribution < -0.4 is 10.6 Å². The summed E-state index contributed by atoms with van der Waals surface area (Å²) in [5.74, 6) is 0.278. The highest BCUT2D eigenvalue weighted by atomic mass is 79.9. The first-order valence-electron chi connectivity index (χ1n) is 6.93. The number of fused-ring (bicyclic) bond motifs is 1. The summed E-state index contributed by atoms with van der Waals surface area (Å²) < 4.78 is 1.07. The van der Waals surface area contributed by atoms with Crippen molar-refractivity contribution in [3.05, 3.63) is 40.9 Å². The fourth-order valence-corrected chi connectivity index (χ4v) is 3.00. The molecule has 104 valence electrons. The highest BCUT2D eigenvalue weighted by Crippen LogP contribution is 2.24. The van der Waals surface area contributed by atoms with Gasteiger partial charge in [0.1, 0.15) is 0 Å². The van der Waals surface area contributed by atoms with Gasteiger partial charge in [-0.25, -0.2) is 0 Å². The lowest BCUT2D eigenvalue weighted by molar-refractivity contribution is -0.120. The van der Waals surface area contributed by atoms with Gasteiger partial charge in [-0.3, -0.25) is 4.79 Å². The van der Waals surface area contributed by atoms with Gasteiger partial charge in [0.15, 0.2) is 0 Å². The second-order valence-electron chi connectivity index (χ2n) is 5.22. The molecule has 0 radical (unpaired) electrons. The fraction of sp³-hybridized carbons (Fsp3) is 0.312. The van der Waals surface area contributed by atoms with Crippen molar-refractivity contribution >= 4 is 38.3 Å². The second-order valence-corrected chi connectivity index (χ2v) is 6.14. The number of carbonyl (C=O) groups excluding carboxylic acids is 1. The third-order valence-electron chi connectivity index (χ3n) is 3.78. The van der Waals surface area contributed by atoms with Crippen LogP contribution >= 0.6 is 15.9 Å². The minimum absolute atomic E-state index is 0.136. The zero-order chi connectivity index (χ0) is 13.9. The third kappa shape index (κ3) is 3.02. The van der Waals surface area contributed by atoms with Crippen molar-refractivity contribution in [2.24, 2.45) is 5.92 Å². The molecule has 0 aromatic heterocycles. The zero-order valence-corrected chi connectivity index (χ0v) is 12.7. The smallest absolute Gasteiger partial charge is 0.227 e. The molecule has 3 rings (SSSR count). The lowest BCUT2D eigenvalue weighted by Crippen LogP contribution is -2.34. The summed E-state index contributed by atoms with van der Waals surface area (Å²) in [5, 5.41) is 8.62. The molecule has 0 saturated carbocycles. The maximum atomic E-state index is 12.2. The largest absolute Gasteiger partial charge is 0.326 e. The van der Waals surface area contributed by atoms with E-state index in [9.17, 15) is 4.79 Å². The summed E-state index contributed by atoms with van der Waals surface area (Å²) >= 11 is 3.47. The molecule has 1 saturated heterocycles. The molecule has 2 aromatic rings. The average molecular weight is 333 g/mol. The molecule has 1 heterocycles. The minimum atomic E-state index is 0.136. The van der Waals surface area contributed by atoms with E-state index in [-0.39, 0.29) is 11.8 Å². The van der Waals surface area contributed by atoms with Gasteiger partial charge in [-0.05, 0) is 61.0 Å². The maximum absolute atomic E-state index is 12.2. The number of anilines is 1. The molecule has 1 amide bonds. The summed E-state index contributed by atoms with van der Waals surface area (Å²) in [4.78, 5) is 12.2. The lowest BCUT2D eigenvalue weighted by Gasteiger charge is -2.21. The van der Waals surface area contributed by atoms with Crippen LogP contribution in [0.5, 0.6) is 0 Å². The number of hydrogen-bond acceptors (Lipinski definition) is 2. The Kier molecular flexibility index (Phi) is 4.03. The van der Waals surface area contributed by atoms with Crippen LogP contribution in [0.2, 0.25) is 0 Å². The molecule has 0 bridgehead atoms. The van der Waals surface area contributed by atoms with Crippen molar-refractivity contribution in [2.75, 3.05) is 18.4 Å². The Morgan fingerprint density at radius 2 is 1.80 bits per heavy atom. The number of hydrogen-bond donors (Lipinski definition) is 2. The Hall–Kier alpha value is -1.39. The number of amides is 1. The summed E-state index contributed by atoms with van der Waals surface area (Å²) in [6.45, 7) is 1.87. The van der Waals surface area contributed by atoms with Crippen LogP contribution in [0, 0.1) is 5.92 Å². The molecule has 2 N–H and O–H groups in total. The van der Waals surface area contributed by atoms with E-state index in [1.54, 1.807) is 0 Å². The van der Waals surface area contributed by atoms with Crippen molar-refractivity contribution in [1.29, 1.82) is 0 Å². The first-order chi connectivity index (χ1) is 9.72. The van der Waals surface area contributed by atoms with Crippen LogP contribution in [0.3, 0.4) is 0 Å². The average Bonchev–Trinajstić information content (AvgIpc) is 2.48. The number of halogens is 1. The van der Waals surface area contributed by atoms with Gasteiger partial charge in [0.2, 0.25) is 5.91 Å². The predicted octanol–water partition coefficient (Wildman–Crippen LogP) is 3.54. The Balaban J connectivity index is 1.76. The molecular formula is C16H17BrN2O. The van der Waals surface area contributed by atoms with Gasteiger partial charge < -0.3 is 10.6 Å². The Bertz CT molecular complexity index is 635. The summed E-state index contributed by atoms with van der Waals surface area (Å²) in [5.41, 5.74) is 0.878. The fourth-order valence-electron chi connectivity index (χ4n) is 2.62. The van der Waals surface area contributed by atoms with E-state index in [1.807, 2.05) is 24.3 Å². The molecule has 1 aliphatic heterocycles. The molecule has 0 unspecified atom stereocenters. The SMILES string of the molecule is O=C(Nc1ccc2cc(Br)ccc2c1)C1CCNCC1. The van der Waals surface area contributed by atoms with Crippen molar-refractivity contribution < 1.29 is 4.79 Å². The third-order valence-corrected chi connectivity index (χ3v) is 4.27. The topological polar surface area (TPSA) is 41.1 Å².